The minimum atomic E-state index is 0.402. The Morgan fingerprint density at radius 3 is 2.81 bits per heavy atom. The van der Waals surface area contributed by atoms with Gasteiger partial charge in [0, 0.05) is 42.0 Å². The Balaban J connectivity index is 1.77. The van der Waals surface area contributed by atoms with Gasteiger partial charge in [-0.25, -0.2) is 0 Å². The van der Waals surface area contributed by atoms with Gasteiger partial charge < -0.3 is 15.4 Å². The summed E-state index contributed by atoms with van der Waals surface area (Å²) in [4.78, 5) is 5.60. The van der Waals surface area contributed by atoms with E-state index in [0.717, 1.165) is 36.5 Å². The zero-order valence-corrected chi connectivity index (χ0v) is 15.1. The van der Waals surface area contributed by atoms with Gasteiger partial charge in [-0.2, -0.15) is 0 Å². The van der Waals surface area contributed by atoms with Gasteiger partial charge in [0.25, 0.3) is 0 Å². The lowest BCUT2D eigenvalue weighted by Crippen LogP contribution is -2.46. The Morgan fingerprint density at radius 2 is 2.29 bits per heavy atom. The fraction of sp³-hybridized carbons (Fsp3) is 0.667. The Morgan fingerprint density at radius 1 is 1.48 bits per heavy atom. The van der Waals surface area contributed by atoms with Gasteiger partial charge in [-0.05, 0) is 46.7 Å². The molecule has 0 amide bonds. The highest BCUT2D eigenvalue weighted by Crippen LogP contribution is 2.43. The number of thiophene rings is 1. The van der Waals surface area contributed by atoms with Crippen molar-refractivity contribution in [2.45, 2.75) is 32.2 Å². The maximum atomic E-state index is 5.24. The van der Waals surface area contributed by atoms with E-state index in [4.69, 9.17) is 4.74 Å². The summed E-state index contributed by atoms with van der Waals surface area (Å²) in [6.45, 7) is 2.63. The van der Waals surface area contributed by atoms with Crippen LogP contribution in [0.2, 0.25) is 0 Å². The molecule has 0 aliphatic heterocycles. The summed E-state index contributed by atoms with van der Waals surface area (Å²) in [6.07, 6.45) is 5.04. The second kappa shape index (κ2) is 8.15. The predicted molar refractivity (Wildman–Crippen MR) is 93.0 cm³/mol. The molecule has 1 aromatic rings. The third-order valence-electron chi connectivity index (χ3n) is 4.16. The Hall–Kier alpha value is -0.590. The Kier molecular flexibility index (Phi) is 6.51. The molecule has 0 saturated heterocycles. The second-order valence-corrected chi connectivity index (χ2v) is 7.52. The molecule has 118 valence electrons. The van der Waals surface area contributed by atoms with E-state index in [9.17, 15) is 0 Å². The molecule has 2 N–H and O–H groups in total. The molecule has 2 rings (SSSR count). The molecule has 1 aliphatic rings. The summed E-state index contributed by atoms with van der Waals surface area (Å²) in [5.41, 5.74) is 0.402. The average molecular weight is 374 g/mol. The number of nitrogens with one attached hydrogen (secondary N) is 2. The summed E-state index contributed by atoms with van der Waals surface area (Å²) >= 11 is 5.22. The van der Waals surface area contributed by atoms with Crippen molar-refractivity contribution >= 4 is 33.2 Å². The molecule has 6 heteroatoms. The van der Waals surface area contributed by atoms with Crippen LogP contribution in [0.4, 0.5) is 0 Å². The van der Waals surface area contributed by atoms with Crippen LogP contribution in [0.3, 0.4) is 0 Å². The Bertz CT molecular complexity index is 471. The highest BCUT2D eigenvalue weighted by molar-refractivity contribution is 9.10. The third-order valence-corrected chi connectivity index (χ3v) is 5.85. The first-order valence-electron chi connectivity index (χ1n) is 7.34. The topological polar surface area (TPSA) is 45.7 Å². The number of nitrogens with zero attached hydrogens (tertiary/aromatic N) is 1. The number of ether oxygens (including phenoxy) is 1. The summed E-state index contributed by atoms with van der Waals surface area (Å²) in [5.74, 6) is 0.878. The molecule has 21 heavy (non-hydrogen) atoms. The standard InChI is InChI=1S/C15H24BrN3OS/c1-17-14(18-9-13-8-12(16)10-21-13)19-11-15(4-3-5-15)6-7-20-2/h8,10H,3-7,9,11H2,1-2H3,(H2,17,18,19). The van der Waals surface area contributed by atoms with Gasteiger partial charge in [0.1, 0.15) is 0 Å². The largest absolute Gasteiger partial charge is 0.385 e. The van der Waals surface area contributed by atoms with E-state index in [2.05, 4.69) is 43.0 Å². The van der Waals surface area contributed by atoms with Crippen molar-refractivity contribution in [2.24, 2.45) is 10.4 Å². The van der Waals surface area contributed by atoms with Crippen LogP contribution in [-0.2, 0) is 11.3 Å². The van der Waals surface area contributed by atoms with Crippen molar-refractivity contribution in [3.63, 3.8) is 0 Å². The zero-order chi connectivity index (χ0) is 15.1. The van der Waals surface area contributed by atoms with Gasteiger partial charge in [0.15, 0.2) is 5.96 Å². The first kappa shape index (κ1) is 16.8. The lowest BCUT2D eigenvalue weighted by Gasteiger charge is -2.42. The molecule has 1 heterocycles. The van der Waals surface area contributed by atoms with Crippen LogP contribution in [-0.4, -0.2) is 33.3 Å². The van der Waals surface area contributed by atoms with Crippen LogP contribution in [0.15, 0.2) is 20.9 Å². The maximum Gasteiger partial charge on any atom is 0.191 e. The van der Waals surface area contributed by atoms with Crippen LogP contribution in [0.5, 0.6) is 0 Å². The molecule has 1 saturated carbocycles. The van der Waals surface area contributed by atoms with Gasteiger partial charge in [-0.3, -0.25) is 4.99 Å². The minimum Gasteiger partial charge on any atom is -0.385 e. The van der Waals surface area contributed by atoms with Crippen molar-refractivity contribution in [3.8, 4) is 0 Å². The van der Waals surface area contributed by atoms with E-state index in [-0.39, 0.29) is 0 Å². The van der Waals surface area contributed by atoms with Gasteiger partial charge in [-0.1, -0.05) is 6.42 Å². The minimum absolute atomic E-state index is 0.402. The normalized spacial score (nSPS) is 17.4. The zero-order valence-electron chi connectivity index (χ0n) is 12.7. The maximum absolute atomic E-state index is 5.24. The molecule has 0 bridgehead atoms. The van der Waals surface area contributed by atoms with E-state index in [1.807, 2.05) is 7.05 Å². The van der Waals surface area contributed by atoms with E-state index in [1.54, 1.807) is 18.4 Å². The summed E-state index contributed by atoms with van der Waals surface area (Å²) in [5, 5.41) is 8.95. The van der Waals surface area contributed by atoms with E-state index in [1.165, 1.54) is 24.1 Å². The highest BCUT2D eigenvalue weighted by atomic mass is 79.9. The smallest absolute Gasteiger partial charge is 0.191 e. The molecular weight excluding hydrogens is 350 g/mol. The van der Waals surface area contributed by atoms with Crippen LogP contribution in [0.25, 0.3) is 0 Å². The van der Waals surface area contributed by atoms with Gasteiger partial charge in [0.2, 0.25) is 0 Å². The first-order chi connectivity index (χ1) is 10.2. The number of methoxy groups -OCH3 is 1. The van der Waals surface area contributed by atoms with Crippen LogP contribution in [0.1, 0.15) is 30.6 Å². The number of aliphatic imine (C=N–C) groups is 1. The molecule has 0 radical (unpaired) electrons. The lowest BCUT2D eigenvalue weighted by molar-refractivity contribution is 0.0732. The number of halogens is 1. The molecule has 0 spiro atoms. The molecule has 1 aromatic heterocycles. The SMILES string of the molecule is CN=C(NCc1cc(Br)cs1)NCC1(CCOC)CCC1. The lowest BCUT2D eigenvalue weighted by atomic mass is 9.67. The number of rotatable bonds is 7. The van der Waals surface area contributed by atoms with E-state index >= 15 is 0 Å². The van der Waals surface area contributed by atoms with Gasteiger partial charge in [0.05, 0.1) is 6.54 Å². The average Bonchev–Trinajstić information content (AvgIpc) is 2.86. The molecule has 0 aromatic carbocycles. The number of guanidine groups is 1. The predicted octanol–water partition coefficient (Wildman–Crippen LogP) is 3.38. The van der Waals surface area contributed by atoms with Crippen molar-refractivity contribution < 1.29 is 4.74 Å². The van der Waals surface area contributed by atoms with Crippen molar-refractivity contribution in [1.82, 2.24) is 10.6 Å². The number of hydrogen-bond donors (Lipinski definition) is 2. The Labute approximate surface area is 139 Å². The molecule has 0 unspecified atom stereocenters. The molecule has 0 atom stereocenters. The van der Waals surface area contributed by atoms with E-state index < -0.39 is 0 Å². The molecule has 1 aliphatic carbocycles. The van der Waals surface area contributed by atoms with Crippen molar-refractivity contribution in [3.05, 3.63) is 20.8 Å². The van der Waals surface area contributed by atoms with Crippen LogP contribution in [0, 0.1) is 5.41 Å². The molecular formula is C15H24BrN3OS. The summed E-state index contributed by atoms with van der Waals surface area (Å²) < 4.78 is 6.38. The van der Waals surface area contributed by atoms with Gasteiger partial charge in [-0.15, -0.1) is 11.3 Å². The summed E-state index contributed by atoms with van der Waals surface area (Å²) in [7, 11) is 3.60. The van der Waals surface area contributed by atoms with Crippen LogP contribution < -0.4 is 10.6 Å². The summed E-state index contributed by atoms with van der Waals surface area (Å²) in [6, 6.07) is 2.14. The first-order valence-corrected chi connectivity index (χ1v) is 9.01. The fourth-order valence-electron chi connectivity index (χ4n) is 2.62. The van der Waals surface area contributed by atoms with Crippen LogP contribution >= 0.6 is 27.3 Å². The number of hydrogen-bond acceptors (Lipinski definition) is 3. The van der Waals surface area contributed by atoms with E-state index in [0.29, 0.717) is 5.41 Å². The van der Waals surface area contributed by atoms with Crippen molar-refractivity contribution in [1.29, 1.82) is 0 Å². The monoisotopic (exact) mass is 373 g/mol. The second-order valence-electron chi connectivity index (χ2n) is 5.61. The third kappa shape index (κ3) is 4.97. The van der Waals surface area contributed by atoms with Crippen molar-refractivity contribution in [2.75, 3.05) is 27.3 Å². The highest BCUT2D eigenvalue weighted by Gasteiger charge is 2.36. The molecule has 1 fully saturated rings. The van der Waals surface area contributed by atoms with Gasteiger partial charge >= 0.3 is 0 Å². The quantitative estimate of drug-likeness (QED) is 0.568. The molecule has 4 nitrogen and oxygen atoms in total. The fourth-order valence-corrected chi connectivity index (χ4v) is 4.01.